The summed E-state index contributed by atoms with van der Waals surface area (Å²) in [6.07, 6.45) is -4.38. The van der Waals surface area contributed by atoms with E-state index in [0.29, 0.717) is 12.2 Å². The zero-order chi connectivity index (χ0) is 18.9. The summed E-state index contributed by atoms with van der Waals surface area (Å²) >= 11 is 5.19. The van der Waals surface area contributed by atoms with Crippen molar-refractivity contribution in [2.24, 2.45) is 7.05 Å². The van der Waals surface area contributed by atoms with Gasteiger partial charge in [0.05, 0.1) is 5.56 Å². The van der Waals surface area contributed by atoms with E-state index < -0.39 is 11.7 Å². The normalized spacial score (nSPS) is 11.6. The van der Waals surface area contributed by atoms with E-state index in [4.69, 9.17) is 12.2 Å². The van der Waals surface area contributed by atoms with E-state index in [1.165, 1.54) is 11.8 Å². The molecule has 3 rings (SSSR count). The average molecular weight is 377 g/mol. The average Bonchev–Trinajstić information content (AvgIpc) is 2.86. The first kappa shape index (κ1) is 18.3. The Morgan fingerprint density at radius 1 is 1.12 bits per heavy atom. The Labute approximate surface area is 154 Å². The first-order chi connectivity index (χ1) is 12.2. The minimum atomic E-state index is -4.38. The van der Waals surface area contributed by atoms with Gasteiger partial charge in [0.2, 0.25) is 0 Å². The van der Waals surface area contributed by atoms with E-state index in [2.05, 4.69) is 27.3 Å². The zero-order valence-electron chi connectivity index (χ0n) is 14.3. The second kappa shape index (κ2) is 6.99. The lowest BCUT2D eigenvalue weighted by Gasteiger charge is -2.13. The lowest BCUT2D eigenvalue weighted by atomic mass is 10.1. The molecule has 0 saturated heterocycles. The van der Waals surface area contributed by atoms with Gasteiger partial charge in [-0.05, 0) is 61.1 Å². The molecule has 0 aliphatic heterocycles. The molecule has 0 aliphatic carbocycles. The predicted octanol–water partition coefficient (Wildman–Crippen LogP) is 4.99. The highest BCUT2D eigenvalue weighted by atomic mass is 32.1. The maximum absolute atomic E-state index is 12.8. The van der Waals surface area contributed by atoms with E-state index in [9.17, 15) is 13.2 Å². The Balaban J connectivity index is 1.64. The molecule has 3 aromatic rings. The van der Waals surface area contributed by atoms with Crippen molar-refractivity contribution in [3.8, 4) is 0 Å². The van der Waals surface area contributed by atoms with Crippen molar-refractivity contribution in [2.45, 2.75) is 19.6 Å². The molecule has 136 valence electrons. The molecule has 7 heteroatoms. The molecule has 3 nitrogen and oxygen atoms in total. The lowest BCUT2D eigenvalue weighted by molar-refractivity contribution is -0.137. The SMILES string of the molecule is Cc1cc2cc(CNC(=S)Nc3cccc(C(F)(F)F)c3)ccc2n1C. The largest absolute Gasteiger partial charge is 0.416 e. The first-order valence-electron chi connectivity index (χ1n) is 8.01. The van der Waals surface area contributed by atoms with Crippen molar-refractivity contribution in [2.75, 3.05) is 5.32 Å². The number of anilines is 1. The van der Waals surface area contributed by atoms with Crippen LogP contribution in [0.5, 0.6) is 0 Å². The summed E-state index contributed by atoms with van der Waals surface area (Å²) in [6.45, 7) is 2.53. The zero-order valence-corrected chi connectivity index (χ0v) is 15.1. The number of hydrogen-bond acceptors (Lipinski definition) is 1. The van der Waals surface area contributed by atoms with Gasteiger partial charge in [-0.25, -0.2) is 0 Å². The summed E-state index contributed by atoms with van der Waals surface area (Å²) in [5.41, 5.74) is 2.95. The van der Waals surface area contributed by atoms with Crippen molar-refractivity contribution in [1.29, 1.82) is 0 Å². The van der Waals surface area contributed by atoms with E-state index >= 15 is 0 Å². The van der Waals surface area contributed by atoms with Crippen LogP contribution >= 0.6 is 12.2 Å². The van der Waals surface area contributed by atoms with Gasteiger partial charge < -0.3 is 15.2 Å². The van der Waals surface area contributed by atoms with Crippen molar-refractivity contribution in [3.05, 3.63) is 65.4 Å². The third-order valence-corrected chi connectivity index (χ3v) is 4.49. The fourth-order valence-corrected chi connectivity index (χ4v) is 2.97. The molecule has 26 heavy (non-hydrogen) atoms. The van der Waals surface area contributed by atoms with Gasteiger partial charge in [0.15, 0.2) is 5.11 Å². The monoisotopic (exact) mass is 377 g/mol. The van der Waals surface area contributed by atoms with Gasteiger partial charge in [0.1, 0.15) is 0 Å². The molecule has 2 N–H and O–H groups in total. The van der Waals surface area contributed by atoms with Gasteiger partial charge >= 0.3 is 6.18 Å². The highest BCUT2D eigenvalue weighted by Crippen LogP contribution is 2.30. The van der Waals surface area contributed by atoms with Crippen LogP contribution in [0.15, 0.2) is 48.5 Å². The molecular weight excluding hydrogens is 359 g/mol. The summed E-state index contributed by atoms with van der Waals surface area (Å²) in [7, 11) is 2.02. The number of benzene rings is 2. The van der Waals surface area contributed by atoms with Gasteiger partial charge in [-0.3, -0.25) is 0 Å². The van der Waals surface area contributed by atoms with Gasteiger partial charge in [-0.2, -0.15) is 13.2 Å². The van der Waals surface area contributed by atoms with Crippen molar-refractivity contribution in [3.63, 3.8) is 0 Å². The molecule has 0 amide bonds. The molecule has 1 heterocycles. The van der Waals surface area contributed by atoms with Gasteiger partial charge in [0, 0.05) is 35.9 Å². The molecule has 0 unspecified atom stereocenters. The third kappa shape index (κ3) is 3.99. The Hall–Kier alpha value is -2.54. The van der Waals surface area contributed by atoms with Gasteiger partial charge in [-0.1, -0.05) is 12.1 Å². The summed E-state index contributed by atoms with van der Waals surface area (Å²) < 4.78 is 40.4. The lowest BCUT2D eigenvalue weighted by Crippen LogP contribution is -2.28. The number of nitrogens with zero attached hydrogens (tertiary/aromatic N) is 1. The van der Waals surface area contributed by atoms with Crippen LogP contribution in [0.1, 0.15) is 16.8 Å². The summed E-state index contributed by atoms with van der Waals surface area (Å²) in [5.74, 6) is 0. The number of aryl methyl sites for hydroxylation is 2. The Morgan fingerprint density at radius 2 is 1.88 bits per heavy atom. The molecule has 0 atom stereocenters. The highest BCUT2D eigenvalue weighted by molar-refractivity contribution is 7.80. The number of alkyl halides is 3. The van der Waals surface area contributed by atoms with Crippen LogP contribution in [0.4, 0.5) is 18.9 Å². The smallest absolute Gasteiger partial charge is 0.358 e. The molecule has 1 aromatic heterocycles. The molecule has 2 aromatic carbocycles. The maximum atomic E-state index is 12.8. The van der Waals surface area contributed by atoms with E-state index in [0.717, 1.165) is 28.6 Å². The van der Waals surface area contributed by atoms with Crippen molar-refractivity contribution < 1.29 is 13.2 Å². The molecule has 0 spiro atoms. The molecule has 0 radical (unpaired) electrons. The standard InChI is InChI=1S/C19H18F3N3S/c1-12-8-14-9-13(6-7-17(14)25(12)2)11-23-18(26)24-16-5-3-4-15(10-16)19(20,21)22/h3-10H,11H2,1-2H3,(H2,23,24,26). The van der Waals surface area contributed by atoms with Crippen molar-refractivity contribution >= 4 is 33.9 Å². The van der Waals surface area contributed by atoms with Crippen LogP contribution in [0.2, 0.25) is 0 Å². The Morgan fingerprint density at radius 3 is 2.62 bits per heavy atom. The van der Waals surface area contributed by atoms with Crippen LogP contribution in [-0.2, 0) is 19.8 Å². The summed E-state index contributed by atoms with van der Waals surface area (Å²) in [6, 6.07) is 13.2. The number of nitrogens with one attached hydrogen (secondary N) is 2. The Kier molecular flexibility index (Phi) is 4.91. The highest BCUT2D eigenvalue weighted by Gasteiger charge is 2.30. The second-order valence-electron chi connectivity index (χ2n) is 6.12. The number of rotatable bonds is 3. The molecule has 0 bridgehead atoms. The fraction of sp³-hybridized carbons (Fsp3) is 0.211. The molecule has 0 aliphatic rings. The number of hydrogen-bond donors (Lipinski definition) is 2. The number of fused-ring (bicyclic) bond motifs is 1. The van der Waals surface area contributed by atoms with Crippen LogP contribution in [0.3, 0.4) is 0 Å². The van der Waals surface area contributed by atoms with E-state index in [1.54, 1.807) is 6.07 Å². The fourth-order valence-electron chi connectivity index (χ4n) is 2.78. The number of aromatic nitrogens is 1. The van der Waals surface area contributed by atoms with Crippen LogP contribution in [0.25, 0.3) is 10.9 Å². The quantitative estimate of drug-likeness (QED) is 0.630. The first-order valence-corrected chi connectivity index (χ1v) is 8.42. The van der Waals surface area contributed by atoms with Crippen LogP contribution in [0, 0.1) is 6.92 Å². The summed E-state index contributed by atoms with van der Waals surface area (Å²) in [5, 5.41) is 7.23. The minimum Gasteiger partial charge on any atom is -0.358 e. The van der Waals surface area contributed by atoms with Gasteiger partial charge in [0.25, 0.3) is 0 Å². The Bertz CT molecular complexity index is 960. The van der Waals surface area contributed by atoms with Crippen LogP contribution in [-0.4, -0.2) is 9.68 Å². The molecule has 0 fully saturated rings. The topological polar surface area (TPSA) is 29.0 Å². The molecule has 0 saturated carbocycles. The molecular formula is C19H18F3N3S. The van der Waals surface area contributed by atoms with E-state index in [1.807, 2.05) is 26.1 Å². The van der Waals surface area contributed by atoms with Crippen LogP contribution < -0.4 is 10.6 Å². The maximum Gasteiger partial charge on any atom is 0.416 e. The second-order valence-corrected chi connectivity index (χ2v) is 6.53. The number of halogens is 3. The summed E-state index contributed by atoms with van der Waals surface area (Å²) in [4.78, 5) is 0. The van der Waals surface area contributed by atoms with Gasteiger partial charge in [-0.15, -0.1) is 0 Å². The minimum absolute atomic E-state index is 0.272. The predicted molar refractivity (Wildman–Crippen MR) is 102 cm³/mol. The number of thiocarbonyl (C=S) groups is 1. The van der Waals surface area contributed by atoms with Crippen molar-refractivity contribution in [1.82, 2.24) is 9.88 Å². The van der Waals surface area contributed by atoms with E-state index in [-0.39, 0.29) is 5.11 Å². The third-order valence-electron chi connectivity index (χ3n) is 4.25.